The molecule has 0 unspecified atom stereocenters. The fourth-order valence-corrected chi connectivity index (χ4v) is 1.88. The van der Waals surface area contributed by atoms with E-state index in [1.807, 2.05) is 0 Å². The third-order valence-electron chi connectivity index (χ3n) is 2.94. The average molecular weight is 237 g/mol. The number of carbonyl (C=O) groups is 1. The molecule has 1 aliphatic heterocycles. The molecule has 2 rings (SSSR count). The molecular weight excluding hydrogens is 222 g/mol. The maximum absolute atomic E-state index is 11.9. The van der Waals surface area contributed by atoms with Crippen LogP contribution < -0.4 is 5.69 Å². The van der Waals surface area contributed by atoms with Gasteiger partial charge in [-0.1, -0.05) is 6.08 Å². The molecule has 0 spiro atoms. The highest BCUT2D eigenvalue weighted by molar-refractivity contribution is 5.85. The van der Waals surface area contributed by atoms with E-state index in [1.54, 1.807) is 4.57 Å². The van der Waals surface area contributed by atoms with Gasteiger partial charge in [-0.15, -0.1) is 0 Å². The van der Waals surface area contributed by atoms with Gasteiger partial charge in [-0.3, -0.25) is 4.57 Å². The van der Waals surface area contributed by atoms with Gasteiger partial charge in [0.25, 0.3) is 0 Å². The molecule has 0 aromatic carbocycles. The maximum atomic E-state index is 11.9. The Labute approximate surface area is 98.2 Å². The van der Waals surface area contributed by atoms with Crippen LogP contribution in [0.3, 0.4) is 0 Å². The minimum atomic E-state index is -0.970. The highest BCUT2D eigenvalue weighted by atomic mass is 16.4. The molecule has 6 nitrogen and oxygen atoms in total. The normalized spacial score (nSPS) is 15.7. The van der Waals surface area contributed by atoms with Gasteiger partial charge in [-0.25, -0.2) is 14.3 Å². The lowest BCUT2D eigenvalue weighted by atomic mass is 10.2. The van der Waals surface area contributed by atoms with E-state index in [2.05, 4.69) is 5.10 Å². The van der Waals surface area contributed by atoms with Crippen LogP contribution in [0.25, 0.3) is 0 Å². The summed E-state index contributed by atoms with van der Waals surface area (Å²) in [6, 6.07) is 0. The van der Waals surface area contributed by atoms with Crippen molar-refractivity contribution in [3.8, 4) is 0 Å². The molecule has 2 heterocycles. The first-order chi connectivity index (χ1) is 8.09. The fraction of sp³-hybridized carbons (Fsp3) is 0.545. The first kappa shape index (κ1) is 11.6. The van der Waals surface area contributed by atoms with Crippen molar-refractivity contribution in [2.24, 2.45) is 0 Å². The third-order valence-corrected chi connectivity index (χ3v) is 2.94. The third kappa shape index (κ3) is 2.30. The second-order valence-corrected chi connectivity index (χ2v) is 4.18. The number of fused-ring (bicyclic) bond motifs is 1. The van der Waals surface area contributed by atoms with Crippen LogP contribution >= 0.6 is 0 Å². The summed E-state index contributed by atoms with van der Waals surface area (Å²) in [7, 11) is 0. The van der Waals surface area contributed by atoms with Gasteiger partial charge in [0.1, 0.15) is 5.82 Å². The minimum absolute atomic E-state index is 0.144. The number of rotatable bonds is 3. The molecular formula is C11H15N3O3. The molecule has 6 heteroatoms. The van der Waals surface area contributed by atoms with Crippen molar-refractivity contribution in [1.29, 1.82) is 0 Å². The summed E-state index contributed by atoms with van der Waals surface area (Å²) < 4.78 is 3.00. The van der Waals surface area contributed by atoms with Crippen molar-refractivity contribution >= 4 is 5.97 Å². The van der Waals surface area contributed by atoms with Gasteiger partial charge in [0.15, 0.2) is 0 Å². The fourth-order valence-electron chi connectivity index (χ4n) is 1.88. The quantitative estimate of drug-likeness (QED) is 0.772. The predicted octanol–water partition coefficient (Wildman–Crippen LogP) is 0.412. The lowest BCUT2D eigenvalue weighted by Crippen LogP contribution is -2.26. The Morgan fingerprint density at radius 3 is 2.94 bits per heavy atom. The number of nitrogens with zero attached hydrogens (tertiary/aromatic N) is 3. The number of hydrogen-bond acceptors (Lipinski definition) is 3. The number of allylic oxidation sites excluding steroid dienone is 1. The predicted molar refractivity (Wildman–Crippen MR) is 60.8 cm³/mol. The van der Waals surface area contributed by atoms with Gasteiger partial charge in [0.05, 0.1) is 6.54 Å². The zero-order valence-corrected chi connectivity index (χ0v) is 9.72. The van der Waals surface area contributed by atoms with Crippen molar-refractivity contribution in [2.75, 3.05) is 0 Å². The highest BCUT2D eigenvalue weighted by Gasteiger charge is 2.15. The number of hydrogen-bond donors (Lipinski definition) is 1. The largest absolute Gasteiger partial charge is 0.478 e. The average Bonchev–Trinajstić information content (AvgIpc) is 2.64. The van der Waals surface area contributed by atoms with Gasteiger partial charge in [0.2, 0.25) is 0 Å². The van der Waals surface area contributed by atoms with Crippen LogP contribution in [0, 0.1) is 0 Å². The lowest BCUT2D eigenvalue weighted by molar-refractivity contribution is -0.132. The Morgan fingerprint density at radius 2 is 2.29 bits per heavy atom. The molecule has 0 amide bonds. The van der Waals surface area contributed by atoms with Crippen molar-refractivity contribution < 1.29 is 9.90 Å². The Hall–Kier alpha value is -1.85. The molecule has 1 aromatic heterocycles. The van der Waals surface area contributed by atoms with E-state index in [9.17, 15) is 9.59 Å². The maximum Gasteiger partial charge on any atom is 0.346 e. The molecule has 0 bridgehead atoms. The van der Waals surface area contributed by atoms with Crippen molar-refractivity contribution in [3.63, 3.8) is 0 Å². The van der Waals surface area contributed by atoms with Gasteiger partial charge in [0, 0.05) is 18.5 Å². The second-order valence-electron chi connectivity index (χ2n) is 4.18. The summed E-state index contributed by atoms with van der Waals surface area (Å²) in [5, 5.41) is 12.9. The van der Waals surface area contributed by atoms with Crippen molar-refractivity contribution in [3.05, 3.63) is 28.0 Å². The lowest BCUT2D eigenvalue weighted by Gasteiger charge is -2.09. The number of aryl methyl sites for hydroxylation is 1. The van der Waals surface area contributed by atoms with E-state index in [4.69, 9.17) is 5.11 Å². The summed E-state index contributed by atoms with van der Waals surface area (Å²) in [6.45, 7) is 2.44. The van der Waals surface area contributed by atoms with Gasteiger partial charge in [-0.2, -0.15) is 5.10 Å². The van der Waals surface area contributed by atoms with Crippen LogP contribution in [0.1, 0.15) is 25.6 Å². The first-order valence-corrected chi connectivity index (χ1v) is 5.66. The molecule has 92 valence electrons. The van der Waals surface area contributed by atoms with E-state index in [1.165, 1.54) is 17.7 Å². The van der Waals surface area contributed by atoms with Crippen molar-refractivity contribution in [2.45, 2.75) is 39.3 Å². The Kier molecular flexibility index (Phi) is 3.12. The molecule has 1 N–H and O–H groups in total. The summed E-state index contributed by atoms with van der Waals surface area (Å²) in [5.74, 6) is -0.162. The van der Waals surface area contributed by atoms with Crippen LogP contribution in [0.5, 0.6) is 0 Å². The standard InChI is InChI=1S/C11H15N3O3/c1-8(10(15)16)5-7-14-11(17)13-6-3-2-4-9(13)12-14/h5H,2-4,6-7H2,1H3,(H,15,16). The van der Waals surface area contributed by atoms with Crippen molar-refractivity contribution in [1.82, 2.24) is 14.3 Å². The molecule has 17 heavy (non-hydrogen) atoms. The summed E-state index contributed by atoms with van der Waals surface area (Å²) in [6.07, 6.45) is 4.38. The first-order valence-electron chi connectivity index (χ1n) is 5.66. The summed E-state index contributed by atoms with van der Waals surface area (Å²) in [5.41, 5.74) is 0.0806. The minimum Gasteiger partial charge on any atom is -0.478 e. The van der Waals surface area contributed by atoms with E-state index >= 15 is 0 Å². The number of aliphatic carboxylic acids is 1. The van der Waals surface area contributed by atoms with E-state index in [-0.39, 0.29) is 17.8 Å². The molecule has 0 saturated heterocycles. The SMILES string of the molecule is CC(=CCn1nc2n(c1=O)CCCC2)C(=O)O. The Bertz CT molecular complexity index is 525. The monoisotopic (exact) mass is 237 g/mol. The Morgan fingerprint density at radius 1 is 1.53 bits per heavy atom. The zero-order chi connectivity index (χ0) is 12.4. The van der Waals surface area contributed by atoms with E-state index in [0.717, 1.165) is 31.6 Å². The molecule has 0 atom stereocenters. The number of carboxylic acids is 1. The number of carboxylic acid groups (broad SMARTS) is 1. The molecule has 0 aliphatic carbocycles. The second kappa shape index (κ2) is 4.57. The van der Waals surface area contributed by atoms with Crippen LogP contribution in [0.15, 0.2) is 16.4 Å². The van der Waals surface area contributed by atoms with Gasteiger partial charge < -0.3 is 5.11 Å². The van der Waals surface area contributed by atoms with Crippen LogP contribution in [0.4, 0.5) is 0 Å². The highest BCUT2D eigenvalue weighted by Crippen LogP contribution is 2.09. The summed E-state index contributed by atoms with van der Waals surface area (Å²) in [4.78, 5) is 22.5. The van der Waals surface area contributed by atoms with E-state index < -0.39 is 5.97 Å². The molecule has 0 saturated carbocycles. The van der Waals surface area contributed by atoms with Gasteiger partial charge in [-0.05, 0) is 19.8 Å². The topological polar surface area (TPSA) is 77.1 Å². The van der Waals surface area contributed by atoms with Crippen LogP contribution in [-0.4, -0.2) is 25.4 Å². The number of aromatic nitrogens is 3. The van der Waals surface area contributed by atoms with Gasteiger partial charge >= 0.3 is 11.7 Å². The zero-order valence-electron chi connectivity index (χ0n) is 9.72. The molecule has 1 aliphatic rings. The van der Waals surface area contributed by atoms with Crippen LogP contribution in [0.2, 0.25) is 0 Å². The van der Waals surface area contributed by atoms with E-state index in [0.29, 0.717) is 0 Å². The Balaban J connectivity index is 2.23. The smallest absolute Gasteiger partial charge is 0.346 e. The summed E-state index contributed by atoms with van der Waals surface area (Å²) >= 11 is 0. The molecule has 0 radical (unpaired) electrons. The molecule has 0 fully saturated rings. The molecule has 1 aromatic rings. The van der Waals surface area contributed by atoms with Crippen LogP contribution in [-0.2, 0) is 24.3 Å².